The average Bonchev–Trinajstić information content (AvgIpc) is 2.52. The Hall–Kier alpha value is -1.69. The zero-order valence-corrected chi connectivity index (χ0v) is 8.69. The summed E-state index contributed by atoms with van der Waals surface area (Å²) in [6.45, 7) is 1.63. The number of hydrogen-bond donors (Lipinski definition) is 2. The highest BCUT2D eigenvalue weighted by Gasteiger charge is 2.05. The summed E-state index contributed by atoms with van der Waals surface area (Å²) in [6, 6.07) is 4.37. The van der Waals surface area contributed by atoms with Crippen molar-refractivity contribution in [3.8, 4) is 5.69 Å². The summed E-state index contributed by atoms with van der Waals surface area (Å²) < 4.78 is 14.5. The Morgan fingerprint density at radius 1 is 1.40 bits per heavy atom. The lowest BCUT2D eigenvalue weighted by Gasteiger charge is -2.02. The summed E-state index contributed by atoms with van der Waals surface area (Å²) >= 11 is 4.91. The lowest BCUT2D eigenvalue weighted by molar-refractivity contribution is 0.618. The topological polar surface area (TPSA) is 53.6 Å². The number of aryl methyl sites for hydroxylation is 1. The van der Waals surface area contributed by atoms with Crippen LogP contribution >= 0.6 is 12.2 Å². The molecule has 15 heavy (non-hydrogen) atoms. The number of hydrogen-bond acceptors (Lipinski definition) is 2. The van der Waals surface area contributed by atoms with Gasteiger partial charge in [0.25, 0.3) is 0 Å². The van der Waals surface area contributed by atoms with Gasteiger partial charge in [-0.15, -0.1) is 0 Å². The molecule has 4 nitrogen and oxygen atoms in total. The first-order valence-electron chi connectivity index (χ1n) is 4.26. The Balaban J connectivity index is 2.70. The Morgan fingerprint density at radius 2 is 2.13 bits per heavy atom. The molecule has 0 aliphatic heterocycles. The van der Waals surface area contributed by atoms with Gasteiger partial charge in [-0.25, -0.2) is 18.9 Å². The van der Waals surface area contributed by atoms with Crippen LogP contribution in [0.1, 0.15) is 5.56 Å². The molecule has 0 saturated heterocycles. The molecule has 1 aromatic heterocycles. The Morgan fingerprint density at radius 3 is 2.67 bits per heavy atom. The first kappa shape index (κ1) is 9.85. The first-order chi connectivity index (χ1) is 7.09. The second-order valence-electron chi connectivity index (χ2n) is 3.13. The van der Waals surface area contributed by atoms with Gasteiger partial charge in [0.05, 0.1) is 5.69 Å². The number of rotatable bonds is 1. The fourth-order valence-electron chi connectivity index (χ4n) is 1.31. The van der Waals surface area contributed by atoms with Crippen molar-refractivity contribution in [3.63, 3.8) is 0 Å². The molecule has 0 saturated carbocycles. The normalized spacial score (nSPS) is 10.5. The molecule has 0 aliphatic carbocycles. The molecular weight excluding hydrogens is 217 g/mol. The highest BCUT2D eigenvalue weighted by molar-refractivity contribution is 7.71. The van der Waals surface area contributed by atoms with Crippen LogP contribution in [-0.4, -0.2) is 14.8 Å². The quantitative estimate of drug-likeness (QED) is 0.725. The molecule has 0 amide bonds. The molecule has 0 unspecified atom stereocenters. The molecule has 0 aliphatic rings. The molecule has 0 atom stereocenters. The fraction of sp³-hybridized carbons (Fsp3) is 0.111. The molecule has 1 aromatic carbocycles. The van der Waals surface area contributed by atoms with E-state index < -0.39 is 0 Å². The van der Waals surface area contributed by atoms with Gasteiger partial charge in [0.15, 0.2) is 0 Å². The van der Waals surface area contributed by atoms with Crippen LogP contribution in [0.4, 0.5) is 4.39 Å². The van der Waals surface area contributed by atoms with Crippen LogP contribution in [0.2, 0.25) is 0 Å². The van der Waals surface area contributed by atoms with E-state index >= 15 is 0 Å². The van der Waals surface area contributed by atoms with Crippen molar-refractivity contribution < 1.29 is 4.39 Å². The van der Waals surface area contributed by atoms with Crippen LogP contribution in [0.5, 0.6) is 0 Å². The standard InChI is InChI=1S/C9H8FN3OS/c1-5-4-6(2-3-7(5)10)13-8(14)11-12-9(13)15/h2-4H,1H3,(H,11,14)(H,12,15). The molecule has 1 heterocycles. The molecule has 2 aromatic rings. The van der Waals surface area contributed by atoms with E-state index in [1.807, 2.05) is 0 Å². The van der Waals surface area contributed by atoms with E-state index in [1.165, 1.54) is 16.7 Å². The van der Waals surface area contributed by atoms with Crippen molar-refractivity contribution in [1.82, 2.24) is 14.8 Å². The lowest BCUT2D eigenvalue weighted by Crippen LogP contribution is -2.15. The van der Waals surface area contributed by atoms with Gasteiger partial charge >= 0.3 is 5.69 Å². The van der Waals surface area contributed by atoms with E-state index in [-0.39, 0.29) is 16.3 Å². The van der Waals surface area contributed by atoms with Gasteiger partial charge in [0, 0.05) is 0 Å². The van der Waals surface area contributed by atoms with E-state index in [0.29, 0.717) is 11.3 Å². The SMILES string of the molecule is Cc1cc(-n2c(=O)[nH][nH]c2=S)ccc1F. The van der Waals surface area contributed by atoms with E-state index in [0.717, 1.165) is 0 Å². The van der Waals surface area contributed by atoms with Crippen LogP contribution in [0.15, 0.2) is 23.0 Å². The van der Waals surface area contributed by atoms with Gasteiger partial charge in [-0.05, 0) is 42.9 Å². The number of benzene rings is 1. The lowest BCUT2D eigenvalue weighted by atomic mass is 10.2. The maximum atomic E-state index is 13.0. The van der Waals surface area contributed by atoms with Crippen LogP contribution in [0.3, 0.4) is 0 Å². The zero-order chi connectivity index (χ0) is 11.0. The summed E-state index contributed by atoms with van der Waals surface area (Å²) in [5.74, 6) is -0.308. The molecule has 6 heteroatoms. The summed E-state index contributed by atoms with van der Waals surface area (Å²) in [5, 5.41) is 4.87. The number of aromatic nitrogens is 3. The van der Waals surface area contributed by atoms with Crippen molar-refractivity contribution in [3.05, 3.63) is 44.8 Å². The number of halogens is 1. The molecule has 0 bridgehead atoms. The van der Waals surface area contributed by atoms with E-state index in [4.69, 9.17) is 12.2 Å². The van der Waals surface area contributed by atoms with Gasteiger partial charge in [-0.1, -0.05) is 0 Å². The number of H-pyrrole nitrogens is 2. The third-order valence-electron chi connectivity index (χ3n) is 2.08. The van der Waals surface area contributed by atoms with E-state index in [9.17, 15) is 9.18 Å². The smallest absolute Gasteiger partial charge is 0.272 e. The molecule has 2 N–H and O–H groups in total. The summed E-state index contributed by atoms with van der Waals surface area (Å²) in [6.07, 6.45) is 0. The number of nitrogens with zero attached hydrogens (tertiary/aromatic N) is 1. The monoisotopic (exact) mass is 225 g/mol. The van der Waals surface area contributed by atoms with E-state index in [1.54, 1.807) is 13.0 Å². The highest BCUT2D eigenvalue weighted by atomic mass is 32.1. The third kappa shape index (κ3) is 1.63. The van der Waals surface area contributed by atoms with Gasteiger partial charge in [-0.3, -0.25) is 5.10 Å². The van der Waals surface area contributed by atoms with Crippen molar-refractivity contribution in [2.75, 3.05) is 0 Å². The largest absolute Gasteiger partial charge is 0.347 e. The second kappa shape index (κ2) is 3.47. The summed E-state index contributed by atoms with van der Waals surface area (Å²) in [7, 11) is 0. The zero-order valence-electron chi connectivity index (χ0n) is 7.87. The Labute approximate surface area is 89.4 Å². The van der Waals surface area contributed by atoms with E-state index in [2.05, 4.69) is 10.2 Å². The van der Waals surface area contributed by atoms with Gasteiger partial charge in [0.2, 0.25) is 4.77 Å². The van der Waals surface area contributed by atoms with Crippen molar-refractivity contribution in [2.24, 2.45) is 0 Å². The van der Waals surface area contributed by atoms with Gasteiger partial charge < -0.3 is 0 Å². The van der Waals surface area contributed by atoms with Crippen molar-refractivity contribution >= 4 is 12.2 Å². The second-order valence-corrected chi connectivity index (χ2v) is 3.52. The Bertz CT molecular complexity index is 583. The van der Waals surface area contributed by atoms with Gasteiger partial charge in [0.1, 0.15) is 5.82 Å². The maximum Gasteiger partial charge on any atom is 0.347 e. The summed E-state index contributed by atoms with van der Waals surface area (Å²) in [5.41, 5.74) is 0.641. The molecule has 0 radical (unpaired) electrons. The number of aromatic amines is 2. The molecule has 0 fully saturated rings. The summed E-state index contributed by atoms with van der Waals surface area (Å²) in [4.78, 5) is 11.4. The minimum absolute atomic E-state index is 0.256. The van der Waals surface area contributed by atoms with Crippen LogP contribution < -0.4 is 5.69 Å². The minimum Gasteiger partial charge on any atom is -0.272 e. The number of nitrogens with one attached hydrogen (secondary N) is 2. The minimum atomic E-state index is -0.369. The maximum absolute atomic E-state index is 13.0. The average molecular weight is 225 g/mol. The molecule has 0 spiro atoms. The Kier molecular flexibility index (Phi) is 2.28. The fourth-order valence-corrected chi connectivity index (χ4v) is 1.55. The first-order valence-corrected chi connectivity index (χ1v) is 4.66. The van der Waals surface area contributed by atoms with Crippen LogP contribution in [0.25, 0.3) is 5.69 Å². The van der Waals surface area contributed by atoms with Crippen molar-refractivity contribution in [1.29, 1.82) is 0 Å². The molecule has 78 valence electrons. The molecule has 2 rings (SSSR count). The van der Waals surface area contributed by atoms with Crippen LogP contribution in [-0.2, 0) is 0 Å². The highest BCUT2D eigenvalue weighted by Crippen LogP contribution is 2.11. The van der Waals surface area contributed by atoms with Crippen molar-refractivity contribution in [2.45, 2.75) is 6.92 Å². The van der Waals surface area contributed by atoms with Gasteiger partial charge in [-0.2, -0.15) is 0 Å². The predicted octanol–water partition coefficient (Wildman–Crippen LogP) is 1.67. The van der Waals surface area contributed by atoms with Crippen LogP contribution in [0, 0.1) is 17.5 Å². The molecular formula is C9H8FN3OS. The predicted molar refractivity (Wildman–Crippen MR) is 56.3 cm³/mol. The third-order valence-corrected chi connectivity index (χ3v) is 2.37.